The number of anilines is 1. The molecule has 6 heteroatoms. The van der Waals surface area contributed by atoms with Crippen LogP contribution in [-0.4, -0.2) is 49.5 Å². The summed E-state index contributed by atoms with van der Waals surface area (Å²) in [6, 6.07) is 7.18. The molecule has 3 rings (SSSR count). The standard InChI is InChI=1S/C16H21N3O3/c20-15(19-8-6-17-7-9-19)11-22-14-3-1-2-13(10-14)18-16(21)12-4-5-12/h1-3,10,12,17H,4-9,11H2,(H,18,21). The molecule has 0 unspecified atom stereocenters. The van der Waals surface area contributed by atoms with Gasteiger partial charge in [0.1, 0.15) is 5.75 Å². The molecule has 1 saturated carbocycles. The summed E-state index contributed by atoms with van der Waals surface area (Å²) in [5, 5.41) is 6.08. The molecular formula is C16H21N3O3. The summed E-state index contributed by atoms with van der Waals surface area (Å²) < 4.78 is 5.56. The Hall–Kier alpha value is -2.08. The summed E-state index contributed by atoms with van der Waals surface area (Å²) in [7, 11) is 0. The molecule has 1 heterocycles. The normalized spacial score (nSPS) is 17.9. The third kappa shape index (κ3) is 3.98. The lowest BCUT2D eigenvalue weighted by atomic mass is 10.3. The summed E-state index contributed by atoms with van der Waals surface area (Å²) in [6.07, 6.45) is 1.95. The van der Waals surface area contributed by atoms with Crippen LogP contribution in [0.4, 0.5) is 5.69 Å². The maximum atomic E-state index is 12.0. The van der Waals surface area contributed by atoms with Crippen LogP contribution in [0.15, 0.2) is 24.3 Å². The van der Waals surface area contributed by atoms with Crippen LogP contribution in [0.25, 0.3) is 0 Å². The first-order valence-corrected chi connectivity index (χ1v) is 7.74. The van der Waals surface area contributed by atoms with Crippen LogP contribution < -0.4 is 15.4 Å². The number of carbonyl (C=O) groups is 2. The molecule has 2 amide bonds. The lowest BCUT2D eigenvalue weighted by Gasteiger charge is -2.27. The van der Waals surface area contributed by atoms with Gasteiger partial charge >= 0.3 is 0 Å². The number of nitrogens with zero attached hydrogens (tertiary/aromatic N) is 1. The molecule has 1 aromatic carbocycles. The van der Waals surface area contributed by atoms with Gasteiger partial charge in [-0.1, -0.05) is 6.07 Å². The number of amides is 2. The fourth-order valence-corrected chi connectivity index (χ4v) is 2.40. The number of piperazine rings is 1. The van der Waals surface area contributed by atoms with Crippen molar-refractivity contribution in [3.8, 4) is 5.75 Å². The van der Waals surface area contributed by atoms with Crippen molar-refractivity contribution >= 4 is 17.5 Å². The molecule has 1 aliphatic carbocycles. The summed E-state index contributed by atoms with van der Waals surface area (Å²) in [4.78, 5) is 25.6. The Morgan fingerprint density at radius 3 is 2.77 bits per heavy atom. The maximum absolute atomic E-state index is 12.0. The van der Waals surface area contributed by atoms with Crippen LogP contribution in [0, 0.1) is 5.92 Å². The van der Waals surface area contributed by atoms with E-state index in [2.05, 4.69) is 10.6 Å². The van der Waals surface area contributed by atoms with Gasteiger partial charge in [-0.15, -0.1) is 0 Å². The minimum Gasteiger partial charge on any atom is -0.484 e. The molecule has 2 aliphatic rings. The quantitative estimate of drug-likeness (QED) is 0.846. The number of ether oxygens (including phenoxy) is 1. The van der Waals surface area contributed by atoms with Crippen LogP contribution >= 0.6 is 0 Å². The highest BCUT2D eigenvalue weighted by Gasteiger charge is 2.29. The van der Waals surface area contributed by atoms with Gasteiger partial charge < -0.3 is 20.3 Å². The fraction of sp³-hybridized carbons (Fsp3) is 0.500. The lowest BCUT2D eigenvalue weighted by molar-refractivity contribution is -0.133. The van der Waals surface area contributed by atoms with Crippen molar-refractivity contribution in [2.24, 2.45) is 5.92 Å². The monoisotopic (exact) mass is 303 g/mol. The number of hydrogen-bond donors (Lipinski definition) is 2. The van der Waals surface area contributed by atoms with Crippen molar-refractivity contribution in [3.63, 3.8) is 0 Å². The molecule has 2 N–H and O–H groups in total. The molecule has 1 aromatic rings. The first-order valence-electron chi connectivity index (χ1n) is 7.74. The van der Waals surface area contributed by atoms with Crippen LogP contribution in [0.1, 0.15) is 12.8 Å². The van der Waals surface area contributed by atoms with Gasteiger partial charge in [-0.3, -0.25) is 9.59 Å². The van der Waals surface area contributed by atoms with E-state index in [1.54, 1.807) is 17.0 Å². The molecule has 0 atom stereocenters. The average Bonchev–Trinajstić information content (AvgIpc) is 3.39. The molecule has 0 spiro atoms. The van der Waals surface area contributed by atoms with Gasteiger partial charge in [0.2, 0.25) is 5.91 Å². The van der Waals surface area contributed by atoms with Crippen molar-refractivity contribution in [1.29, 1.82) is 0 Å². The Bertz CT molecular complexity index is 551. The molecule has 22 heavy (non-hydrogen) atoms. The summed E-state index contributed by atoms with van der Waals surface area (Å²) in [6.45, 7) is 3.13. The van der Waals surface area contributed by atoms with Gasteiger partial charge in [0, 0.05) is 43.9 Å². The molecular weight excluding hydrogens is 282 g/mol. The Balaban J connectivity index is 1.51. The van der Waals surface area contributed by atoms with Crippen LogP contribution in [0.5, 0.6) is 5.75 Å². The first kappa shape index (κ1) is 14.8. The van der Waals surface area contributed by atoms with Crippen LogP contribution in [0.3, 0.4) is 0 Å². The Kier molecular flexibility index (Phi) is 4.58. The van der Waals surface area contributed by atoms with Gasteiger partial charge in [0.25, 0.3) is 5.91 Å². The average molecular weight is 303 g/mol. The molecule has 1 aliphatic heterocycles. The molecule has 0 radical (unpaired) electrons. The van der Waals surface area contributed by atoms with E-state index >= 15 is 0 Å². The van der Waals surface area contributed by atoms with E-state index in [0.717, 1.165) is 39.0 Å². The van der Waals surface area contributed by atoms with E-state index < -0.39 is 0 Å². The predicted octanol–water partition coefficient (Wildman–Crippen LogP) is 0.846. The number of benzene rings is 1. The lowest BCUT2D eigenvalue weighted by Crippen LogP contribution is -2.47. The zero-order chi connectivity index (χ0) is 15.4. The van der Waals surface area contributed by atoms with E-state index in [9.17, 15) is 9.59 Å². The highest BCUT2D eigenvalue weighted by atomic mass is 16.5. The molecule has 1 saturated heterocycles. The fourth-order valence-electron chi connectivity index (χ4n) is 2.40. The number of carbonyl (C=O) groups excluding carboxylic acids is 2. The van der Waals surface area contributed by atoms with Crippen LogP contribution in [-0.2, 0) is 9.59 Å². The van der Waals surface area contributed by atoms with Crippen molar-refractivity contribution in [1.82, 2.24) is 10.2 Å². The second-order valence-corrected chi connectivity index (χ2v) is 5.71. The largest absolute Gasteiger partial charge is 0.484 e. The minimum absolute atomic E-state index is 0.00563. The Labute approximate surface area is 129 Å². The van der Waals surface area contributed by atoms with E-state index in [4.69, 9.17) is 4.74 Å². The topological polar surface area (TPSA) is 70.7 Å². The summed E-state index contributed by atoms with van der Waals surface area (Å²) in [5.74, 6) is 0.818. The molecule has 6 nitrogen and oxygen atoms in total. The molecule has 0 bridgehead atoms. The highest BCUT2D eigenvalue weighted by molar-refractivity contribution is 5.94. The number of nitrogens with one attached hydrogen (secondary N) is 2. The number of hydrogen-bond acceptors (Lipinski definition) is 4. The van der Waals surface area contributed by atoms with Crippen molar-refractivity contribution in [2.75, 3.05) is 38.1 Å². The second kappa shape index (κ2) is 6.79. The van der Waals surface area contributed by atoms with Crippen molar-refractivity contribution in [2.45, 2.75) is 12.8 Å². The molecule has 0 aromatic heterocycles. The smallest absolute Gasteiger partial charge is 0.260 e. The number of rotatable bonds is 5. The van der Waals surface area contributed by atoms with Crippen molar-refractivity contribution < 1.29 is 14.3 Å². The zero-order valence-corrected chi connectivity index (χ0v) is 12.5. The van der Waals surface area contributed by atoms with E-state index in [0.29, 0.717) is 11.4 Å². The van der Waals surface area contributed by atoms with Crippen molar-refractivity contribution in [3.05, 3.63) is 24.3 Å². The first-order chi connectivity index (χ1) is 10.7. The molecule has 118 valence electrons. The zero-order valence-electron chi connectivity index (χ0n) is 12.5. The van der Waals surface area contributed by atoms with E-state index in [1.165, 1.54) is 0 Å². The van der Waals surface area contributed by atoms with Gasteiger partial charge in [0.15, 0.2) is 6.61 Å². The Morgan fingerprint density at radius 2 is 2.05 bits per heavy atom. The van der Waals surface area contributed by atoms with Gasteiger partial charge in [-0.05, 0) is 25.0 Å². The summed E-state index contributed by atoms with van der Waals surface area (Å²) in [5.41, 5.74) is 0.712. The predicted molar refractivity (Wildman–Crippen MR) is 82.7 cm³/mol. The Morgan fingerprint density at radius 1 is 1.27 bits per heavy atom. The third-order valence-corrected chi connectivity index (χ3v) is 3.88. The maximum Gasteiger partial charge on any atom is 0.260 e. The minimum atomic E-state index is -0.00563. The summed E-state index contributed by atoms with van der Waals surface area (Å²) >= 11 is 0. The van der Waals surface area contributed by atoms with E-state index in [1.807, 2.05) is 12.1 Å². The third-order valence-electron chi connectivity index (χ3n) is 3.88. The van der Waals surface area contributed by atoms with Gasteiger partial charge in [0.05, 0.1) is 0 Å². The van der Waals surface area contributed by atoms with E-state index in [-0.39, 0.29) is 24.3 Å². The SMILES string of the molecule is O=C(Nc1cccc(OCC(=O)N2CCNCC2)c1)C1CC1. The van der Waals surface area contributed by atoms with Crippen LogP contribution in [0.2, 0.25) is 0 Å². The highest BCUT2D eigenvalue weighted by Crippen LogP contribution is 2.30. The second-order valence-electron chi connectivity index (χ2n) is 5.71. The van der Waals surface area contributed by atoms with Gasteiger partial charge in [-0.25, -0.2) is 0 Å². The van der Waals surface area contributed by atoms with Gasteiger partial charge in [-0.2, -0.15) is 0 Å². The molecule has 2 fully saturated rings.